The highest BCUT2D eigenvalue weighted by Crippen LogP contribution is 2.26. The van der Waals surface area contributed by atoms with E-state index in [1.165, 1.54) is 24.3 Å². The third-order valence-electron chi connectivity index (χ3n) is 3.57. The number of rotatable bonds is 3. The monoisotopic (exact) mass is 322 g/mol. The number of benzene rings is 2. The van der Waals surface area contributed by atoms with Crippen LogP contribution in [0.3, 0.4) is 0 Å². The van der Waals surface area contributed by atoms with Gasteiger partial charge < -0.3 is 15.5 Å². The lowest BCUT2D eigenvalue weighted by molar-refractivity contribution is 0.0699. The predicted octanol–water partition coefficient (Wildman–Crippen LogP) is 3.20. The number of phenols is 1. The molecule has 0 fully saturated rings. The van der Waals surface area contributed by atoms with Crippen molar-refractivity contribution >= 4 is 28.5 Å². The Bertz CT molecular complexity index is 966. The van der Waals surface area contributed by atoms with E-state index < -0.39 is 11.9 Å². The SMILES string of the molecule is Cc1cccc(NC(=O)c2ccc3c(C(=O)O)ccc(O)c3n2)c1. The fourth-order valence-corrected chi connectivity index (χ4v) is 2.43. The Morgan fingerprint density at radius 2 is 1.88 bits per heavy atom. The van der Waals surface area contributed by atoms with Gasteiger partial charge in [0.1, 0.15) is 17.0 Å². The van der Waals surface area contributed by atoms with Gasteiger partial charge in [0.25, 0.3) is 5.91 Å². The minimum atomic E-state index is -1.13. The molecule has 0 aliphatic rings. The summed E-state index contributed by atoms with van der Waals surface area (Å²) in [6.45, 7) is 1.91. The number of aryl methyl sites for hydroxylation is 1. The van der Waals surface area contributed by atoms with Crippen LogP contribution in [0.15, 0.2) is 48.5 Å². The summed E-state index contributed by atoms with van der Waals surface area (Å²) in [5.74, 6) is -1.75. The normalized spacial score (nSPS) is 10.5. The first-order chi connectivity index (χ1) is 11.5. The van der Waals surface area contributed by atoms with Gasteiger partial charge in [0.15, 0.2) is 0 Å². The molecule has 0 radical (unpaired) electrons. The topological polar surface area (TPSA) is 99.5 Å². The number of amides is 1. The van der Waals surface area contributed by atoms with Crippen molar-refractivity contribution in [1.29, 1.82) is 0 Å². The zero-order chi connectivity index (χ0) is 17.3. The van der Waals surface area contributed by atoms with Gasteiger partial charge in [0, 0.05) is 11.1 Å². The molecule has 0 atom stereocenters. The molecule has 2 aromatic carbocycles. The van der Waals surface area contributed by atoms with Crippen LogP contribution in [0.4, 0.5) is 5.69 Å². The first kappa shape index (κ1) is 15.5. The fraction of sp³-hybridized carbons (Fsp3) is 0.0556. The van der Waals surface area contributed by atoms with Gasteiger partial charge in [-0.1, -0.05) is 12.1 Å². The number of nitrogens with zero attached hydrogens (tertiary/aromatic N) is 1. The van der Waals surface area contributed by atoms with E-state index >= 15 is 0 Å². The van der Waals surface area contributed by atoms with Crippen molar-refractivity contribution in [3.8, 4) is 5.75 Å². The molecule has 6 nitrogen and oxygen atoms in total. The van der Waals surface area contributed by atoms with Crippen LogP contribution in [-0.4, -0.2) is 27.1 Å². The predicted molar refractivity (Wildman–Crippen MR) is 89.5 cm³/mol. The molecule has 0 bridgehead atoms. The van der Waals surface area contributed by atoms with E-state index in [0.29, 0.717) is 5.69 Å². The number of aromatic carboxylic acids is 1. The standard InChI is InChI=1S/C18H14N2O4/c1-10-3-2-4-11(9-10)19-17(22)14-7-5-12-13(18(23)24)6-8-15(21)16(12)20-14/h2-9,21H,1H3,(H,19,22)(H,23,24). The number of nitrogens with one attached hydrogen (secondary N) is 1. The second kappa shape index (κ2) is 6.00. The van der Waals surface area contributed by atoms with Crippen LogP contribution in [0.5, 0.6) is 5.75 Å². The first-order valence-corrected chi connectivity index (χ1v) is 7.20. The molecular formula is C18H14N2O4. The molecule has 0 unspecified atom stereocenters. The number of carbonyl (C=O) groups is 2. The fourth-order valence-electron chi connectivity index (χ4n) is 2.43. The molecule has 3 N–H and O–H groups in total. The Hall–Kier alpha value is -3.41. The summed E-state index contributed by atoms with van der Waals surface area (Å²) in [5, 5.41) is 22.1. The molecule has 1 aromatic heterocycles. The van der Waals surface area contributed by atoms with Crippen molar-refractivity contribution in [2.45, 2.75) is 6.92 Å². The molecule has 6 heteroatoms. The summed E-state index contributed by atoms with van der Waals surface area (Å²) in [5.41, 5.74) is 1.81. The van der Waals surface area contributed by atoms with Crippen molar-refractivity contribution in [3.63, 3.8) is 0 Å². The van der Waals surface area contributed by atoms with E-state index in [9.17, 15) is 19.8 Å². The van der Waals surface area contributed by atoms with Crippen molar-refractivity contribution in [3.05, 3.63) is 65.4 Å². The first-order valence-electron chi connectivity index (χ1n) is 7.20. The zero-order valence-corrected chi connectivity index (χ0v) is 12.8. The van der Waals surface area contributed by atoms with Crippen LogP contribution in [-0.2, 0) is 0 Å². The third kappa shape index (κ3) is 2.89. The molecule has 0 spiro atoms. The van der Waals surface area contributed by atoms with Gasteiger partial charge >= 0.3 is 5.97 Å². The van der Waals surface area contributed by atoms with Gasteiger partial charge in [0.05, 0.1) is 5.56 Å². The third-order valence-corrected chi connectivity index (χ3v) is 3.57. The Morgan fingerprint density at radius 1 is 1.08 bits per heavy atom. The number of phenolic OH excluding ortho intramolecular Hbond substituents is 1. The molecule has 3 aromatic rings. The molecule has 1 heterocycles. The van der Waals surface area contributed by atoms with Crippen molar-refractivity contribution in [2.75, 3.05) is 5.32 Å². The van der Waals surface area contributed by atoms with E-state index in [0.717, 1.165) is 5.56 Å². The van der Waals surface area contributed by atoms with Crippen LogP contribution in [0, 0.1) is 6.92 Å². The van der Waals surface area contributed by atoms with E-state index in [4.69, 9.17) is 0 Å². The van der Waals surface area contributed by atoms with Crippen molar-refractivity contribution < 1.29 is 19.8 Å². The Kier molecular flexibility index (Phi) is 3.87. The van der Waals surface area contributed by atoms with E-state index in [2.05, 4.69) is 10.3 Å². The minimum absolute atomic E-state index is 0.0148. The second-order valence-electron chi connectivity index (χ2n) is 5.35. The maximum atomic E-state index is 12.3. The average molecular weight is 322 g/mol. The second-order valence-corrected chi connectivity index (χ2v) is 5.35. The number of aromatic nitrogens is 1. The molecule has 0 aliphatic carbocycles. The smallest absolute Gasteiger partial charge is 0.336 e. The lowest BCUT2D eigenvalue weighted by Gasteiger charge is -2.08. The van der Waals surface area contributed by atoms with Gasteiger partial charge in [-0.25, -0.2) is 9.78 Å². The molecule has 1 amide bonds. The molecule has 0 saturated heterocycles. The van der Waals surface area contributed by atoms with Crippen LogP contribution >= 0.6 is 0 Å². The quantitative estimate of drug-likeness (QED) is 0.687. The Balaban J connectivity index is 2.00. The maximum Gasteiger partial charge on any atom is 0.336 e. The van der Waals surface area contributed by atoms with Crippen LogP contribution in [0.1, 0.15) is 26.4 Å². The van der Waals surface area contributed by atoms with Gasteiger partial charge in [-0.2, -0.15) is 0 Å². The summed E-state index contributed by atoms with van der Waals surface area (Å²) in [6, 6.07) is 12.8. The number of hydrogen-bond acceptors (Lipinski definition) is 4. The van der Waals surface area contributed by atoms with Crippen LogP contribution in [0.2, 0.25) is 0 Å². The molecule has 0 aliphatic heterocycles. The molecule has 3 rings (SSSR count). The summed E-state index contributed by atoms with van der Waals surface area (Å²) >= 11 is 0. The van der Waals surface area contributed by atoms with Crippen molar-refractivity contribution in [1.82, 2.24) is 4.98 Å². The number of anilines is 1. The Labute approximate surface area is 137 Å². The van der Waals surface area contributed by atoms with Crippen LogP contribution in [0.25, 0.3) is 10.9 Å². The zero-order valence-electron chi connectivity index (χ0n) is 12.8. The van der Waals surface area contributed by atoms with Gasteiger partial charge in [-0.3, -0.25) is 4.79 Å². The van der Waals surface area contributed by atoms with Crippen molar-refractivity contribution in [2.24, 2.45) is 0 Å². The number of aromatic hydroxyl groups is 1. The summed E-state index contributed by atoms with van der Waals surface area (Å²) < 4.78 is 0. The largest absolute Gasteiger partial charge is 0.506 e. The Morgan fingerprint density at radius 3 is 2.58 bits per heavy atom. The lowest BCUT2D eigenvalue weighted by Crippen LogP contribution is -2.14. The highest BCUT2D eigenvalue weighted by Gasteiger charge is 2.15. The highest BCUT2D eigenvalue weighted by molar-refractivity contribution is 6.07. The van der Waals surface area contributed by atoms with E-state index in [1.807, 2.05) is 25.1 Å². The van der Waals surface area contributed by atoms with E-state index in [-0.39, 0.29) is 27.9 Å². The lowest BCUT2D eigenvalue weighted by atomic mass is 10.1. The molecule has 0 saturated carbocycles. The van der Waals surface area contributed by atoms with Gasteiger partial charge in [0.2, 0.25) is 0 Å². The molecular weight excluding hydrogens is 308 g/mol. The number of carboxylic acids is 1. The number of hydrogen-bond donors (Lipinski definition) is 3. The average Bonchev–Trinajstić information content (AvgIpc) is 2.54. The molecule has 24 heavy (non-hydrogen) atoms. The summed E-state index contributed by atoms with van der Waals surface area (Å²) in [7, 11) is 0. The van der Waals surface area contributed by atoms with Gasteiger partial charge in [-0.05, 0) is 48.9 Å². The van der Waals surface area contributed by atoms with E-state index in [1.54, 1.807) is 6.07 Å². The minimum Gasteiger partial charge on any atom is -0.506 e. The van der Waals surface area contributed by atoms with Crippen LogP contribution < -0.4 is 5.32 Å². The molecule has 120 valence electrons. The number of carboxylic acid groups (broad SMARTS) is 1. The number of carbonyl (C=O) groups excluding carboxylic acids is 1. The van der Waals surface area contributed by atoms with Gasteiger partial charge in [-0.15, -0.1) is 0 Å². The number of pyridine rings is 1. The highest BCUT2D eigenvalue weighted by atomic mass is 16.4. The maximum absolute atomic E-state index is 12.3. The summed E-state index contributed by atoms with van der Waals surface area (Å²) in [4.78, 5) is 27.7. The summed E-state index contributed by atoms with van der Waals surface area (Å²) in [6.07, 6.45) is 0. The number of fused-ring (bicyclic) bond motifs is 1.